The van der Waals surface area contributed by atoms with Gasteiger partial charge in [-0.3, -0.25) is 14.9 Å². The monoisotopic (exact) mass is 363 g/mol. The maximum atomic E-state index is 12.2. The van der Waals surface area contributed by atoms with Gasteiger partial charge in [0, 0.05) is 37.3 Å². The molecule has 1 aliphatic rings. The number of nitrogens with zero attached hydrogens (tertiary/aromatic N) is 2. The van der Waals surface area contributed by atoms with Crippen molar-refractivity contribution in [3.8, 4) is 0 Å². The number of carbonyl (C=O) groups is 2. The lowest BCUT2D eigenvalue weighted by molar-refractivity contribution is -0.384. The maximum Gasteiger partial charge on any atom is 0.410 e. The predicted molar refractivity (Wildman–Crippen MR) is 96.0 cm³/mol. The number of nitro groups is 1. The van der Waals surface area contributed by atoms with E-state index >= 15 is 0 Å². The lowest BCUT2D eigenvalue weighted by atomic mass is 9.98. The van der Waals surface area contributed by atoms with Gasteiger partial charge in [0.2, 0.25) is 0 Å². The molecular formula is C18H25N3O5. The molecule has 0 bridgehead atoms. The molecule has 8 heteroatoms. The summed E-state index contributed by atoms with van der Waals surface area (Å²) in [7, 11) is 0. The van der Waals surface area contributed by atoms with Crippen molar-refractivity contribution in [1.82, 2.24) is 10.2 Å². The second-order valence-electron chi connectivity index (χ2n) is 7.45. The van der Waals surface area contributed by atoms with E-state index in [2.05, 4.69) is 5.32 Å². The molecule has 1 atom stereocenters. The van der Waals surface area contributed by atoms with E-state index in [0.717, 1.165) is 12.8 Å². The topological polar surface area (TPSA) is 102 Å². The van der Waals surface area contributed by atoms with E-state index in [4.69, 9.17) is 4.74 Å². The van der Waals surface area contributed by atoms with Crippen LogP contribution in [0.25, 0.3) is 0 Å². The van der Waals surface area contributed by atoms with Crippen molar-refractivity contribution in [1.29, 1.82) is 0 Å². The van der Waals surface area contributed by atoms with Gasteiger partial charge in [-0.1, -0.05) is 0 Å². The second kappa shape index (κ2) is 8.16. The Hall–Kier alpha value is -2.64. The van der Waals surface area contributed by atoms with Gasteiger partial charge in [-0.15, -0.1) is 0 Å². The molecule has 8 nitrogen and oxygen atoms in total. The molecule has 1 aromatic rings. The van der Waals surface area contributed by atoms with E-state index in [1.54, 1.807) is 4.90 Å². The van der Waals surface area contributed by atoms with Crippen LogP contribution in [-0.4, -0.2) is 47.1 Å². The normalized spacial score (nSPS) is 17.5. The van der Waals surface area contributed by atoms with Crippen molar-refractivity contribution in [3.05, 3.63) is 39.9 Å². The molecule has 142 valence electrons. The van der Waals surface area contributed by atoms with Crippen LogP contribution >= 0.6 is 0 Å². The van der Waals surface area contributed by atoms with Crippen LogP contribution < -0.4 is 5.32 Å². The number of rotatable bonds is 4. The van der Waals surface area contributed by atoms with Crippen LogP contribution in [0.4, 0.5) is 10.5 Å². The number of amides is 2. The average Bonchev–Trinajstić information content (AvgIpc) is 2.58. The Morgan fingerprint density at radius 2 is 1.96 bits per heavy atom. The number of non-ortho nitro benzene ring substituents is 1. The Bertz CT molecular complexity index is 666. The molecule has 0 radical (unpaired) electrons. The molecule has 2 amide bonds. The zero-order valence-corrected chi connectivity index (χ0v) is 15.4. The van der Waals surface area contributed by atoms with Crippen molar-refractivity contribution in [2.75, 3.05) is 19.6 Å². The number of nitrogens with one attached hydrogen (secondary N) is 1. The molecule has 0 aliphatic carbocycles. The number of carbonyl (C=O) groups excluding carboxylic acids is 2. The smallest absolute Gasteiger partial charge is 0.410 e. The average molecular weight is 363 g/mol. The van der Waals surface area contributed by atoms with E-state index in [-0.39, 0.29) is 23.6 Å². The van der Waals surface area contributed by atoms with Crippen molar-refractivity contribution < 1.29 is 19.2 Å². The fourth-order valence-electron chi connectivity index (χ4n) is 2.80. The molecular weight excluding hydrogens is 338 g/mol. The number of piperidine rings is 1. The molecule has 1 saturated heterocycles. The van der Waals surface area contributed by atoms with Gasteiger partial charge in [0.1, 0.15) is 5.60 Å². The third-order valence-electron chi connectivity index (χ3n) is 4.06. The van der Waals surface area contributed by atoms with Crippen LogP contribution in [0, 0.1) is 16.0 Å². The number of hydrogen-bond donors (Lipinski definition) is 1. The van der Waals surface area contributed by atoms with Gasteiger partial charge in [-0.25, -0.2) is 4.79 Å². The van der Waals surface area contributed by atoms with E-state index in [0.29, 0.717) is 25.2 Å². The van der Waals surface area contributed by atoms with Crippen LogP contribution in [0.5, 0.6) is 0 Å². The van der Waals surface area contributed by atoms with E-state index in [1.807, 2.05) is 20.8 Å². The Labute approximate surface area is 152 Å². The highest BCUT2D eigenvalue weighted by atomic mass is 16.6. The highest BCUT2D eigenvalue weighted by molar-refractivity contribution is 5.94. The minimum atomic E-state index is -0.534. The largest absolute Gasteiger partial charge is 0.444 e. The Balaban J connectivity index is 1.85. The molecule has 1 aliphatic heterocycles. The molecule has 1 heterocycles. The molecule has 2 rings (SSSR count). The predicted octanol–water partition coefficient (Wildman–Crippen LogP) is 2.97. The summed E-state index contributed by atoms with van der Waals surface area (Å²) in [5.41, 5.74) is -0.217. The SMILES string of the molecule is CC(C)(C)OC(=O)N1CCCC(CNC(=O)c2ccc([N+](=O)[O-])cc2)C1. The summed E-state index contributed by atoms with van der Waals surface area (Å²) in [6, 6.07) is 5.47. The Morgan fingerprint density at radius 1 is 1.31 bits per heavy atom. The van der Waals surface area contributed by atoms with Gasteiger partial charge in [0.05, 0.1) is 4.92 Å². The first-order valence-electron chi connectivity index (χ1n) is 8.66. The molecule has 26 heavy (non-hydrogen) atoms. The van der Waals surface area contributed by atoms with Gasteiger partial charge in [0.25, 0.3) is 11.6 Å². The molecule has 1 aromatic carbocycles. The van der Waals surface area contributed by atoms with Gasteiger partial charge in [0.15, 0.2) is 0 Å². The third kappa shape index (κ3) is 5.72. The van der Waals surface area contributed by atoms with Crippen molar-refractivity contribution in [2.24, 2.45) is 5.92 Å². The van der Waals surface area contributed by atoms with E-state index < -0.39 is 10.5 Å². The lowest BCUT2D eigenvalue weighted by Gasteiger charge is -2.34. The number of likely N-dealkylation sites (tertiary alicyclic amines) is 1. The van der Waals surface area contributed by atoms with E-state index in [9.17, 15) is 19.7 Å². The summed E-state index contributed by atoms with van der Waals surface area (Å²) in [4.78, 5) is 36.2. The summed E-state index contributed by atoms with van der Waals surface area (Å²) in [5.74, 6) is -0.132. The van der Waals surface area contributed by atoms with Crippen molar-refractivity contribution in [3.63, 3.8) is 0 Å². The zero-order chi connectivity index (χ0) is 19.3. The Kier molecular flexibility index (Phi) is 6.18. The number of ether oxygens (including phenoxy) is 1. The number of nitro benzene ring substituents is 1. The lowest BCUT2D eigenvalue weighted by Crippen LogP contribution is -2.45. The summed E-state index contributed by atoms with van der Waals surface area (Å²) >= 11 is 0. The fraction of sp³-hybridized carbons (Fsp3) is 0.556. The second-order valence-corrected chi connectivity index (χ2v) is 7.45. The van der Waals surface area contributed by atoms with Gasteiger partial charge < -0.3 is 15.0 Å². The molecule has 1 unspecified atom stereocenters. The summed E-state index contributed by atoms with van der Waals surface area (Å²) < 4.78 is 5.40. The summed E-state index contributed by atoms with van der Waals surface area (Å²) in [6.07, 6.45) is 1.45. The quantitative estimate of drug-likeness (QED) is 0.654. The van der Waals surface area contributed by atoms with Gasteiger partial charge >= 0.3 is 6.09 Å². The minimum absolute atomic E-state index is 0.0539. The van der Waals surface area contributed by atoms with Gasteiger partial charge in [-0.2, -0.15) is 0 Å². The summed E-state index contributed by atoms with van der Waals surface area (Å²) in [6.45, 7) is 7.12. The first-order valence-corrected chi connectivity index (χ1v) is 8.66. The van der Waals surface area contributed by atoms with Crippen LogP contribution in [0.3, 0.4) is 0 Å². The van der Waals surface area contributed by atoms with Crippen molar-refractivity contribution >= 4 is 17.7 Å². The van der Waals surface area contributed by atoms with Crippen LogP contribution in [0.1, 0.15) is 44.0 Å². The van der Waals surface area contributed by atoms with Crippen molar-refractivity contribution in [2.45, 2.75) is 39.2 Å². The number of benzene rings is 1. The molecule has 1 fully saturated rings. The third-order valence-corrected chi connectivity index (χ3v) is 4.06. The van der Waals surface area contributed by atoms with Crippen LogP contribution in [0.15, 0.2) is 24.3 Å². The molecule has 0 spiro atoms. The maximum absolute atomic E-state index is 12.2. The first kappa shape index (κ1) is 19.7. The number of hydrogen-bond acceptors (Lipinski definition) is 5. The minimum Gasteiger partial charge on any atom is -0.444 e. The zero-order valence-electron chi connectivity index (χ0n) is 15.4. The van der Waals surface area contributed by atoms with E-state index in [1.165, 1.54) is 24.3 Å². The fourth-order valence-corrected chi connectivity index (χ4v) is 2.80. The highest BCUT2D eigenvalue weighted by Gasteiger charge is 2.27. The van der Waals surface area contributed by atoms with Gasteiger partial charge in [-0.05, 0) is 51.7 Å². The first-order chi connectivity index (χ1) is 12.2. The summed E-state index contributed by atoms with van der Waals surface area (Å²) in [5, 5.41) is 13.5. The molecule has 1 N–H and O–H groups in total. The standard InChI is InChI=1S/C18H25N3O5/c1-18(2,3)26-17(23)20-10-4-5-13(12-20)11-19-16(22)14-6-8-15(9-7-14)21(24)25/h6-9,13H,4-5,10-12H2,1-3H3,(H,19,22). The van der Waals surface area contributed by atoms with Crippen LogP contribution in [-0.2, 0) is 4.74 Å². The molecule has 0 saturated carbocycles. The Morgan fingerprint density at radius 3 is 2.54 bits per heavy atom. The highest BCUT2D eigenvalue weighted by Crippen LogP contribution is 2.19. The van der Waals surface area contributed by atoms with Crippen LogP contribution in [0.2, 0.25) is 0 Å². The molecule has 0 aromatic heterocycles.